The largest absolute Gasteiger partial charge is 0.416 e. The number of pyridine rings is 1. The second kappa shape index (κ2) is 7.74. The molecule has 0 radical (unpaired) electrons. The van der Waals surface area contributed by atoms with E-state index in [1.165, 1.54) is 6.92 Å². The number of carbonyl (C=O) groups is 1. The molecule has 1 N–H and O–H groups in total. The molecular weight excluding hydrogens is 421 g/mol. The van der Waals surface area contributed by atoms with Gasteiger partial charge in [-0.3, -0.25) is 4.79 Å². The molecule has 29 heavy (non-hydrogen) atoms. The van der Waals surface area contributed by atoms with Crippen LogP contribution >= 0.6 is 11.6 Å². The van der Waals surface area contributed by atoms with Gasteiger partial charge in [0, 0.05) is 16.7 Å². The molecule has 0 fully saturated rings. The van der Waals surface area contributed by atoms with Crippen LogP contribution in [0.4, 0.5) is 22.0 Å². The van der Waals surface area contributed by atoms with E-state index in [1.807, 2.05) is 0 Å². The molecule has 0 aliphatic heterocycles. The molecule has 6 nitrogen and oxygen atoms in total. The van der Waals surface area contributed by atoms with Crippen LogP contribution in [0.25, 0.3) is 5.82 Å². The third-order valence-electron chi connectivity index (χ3n) is 3.79. The summed E-state index contributed by atoms with van der Waals surface area (Å²) in [6.45, 7) is 1.45. The van der Waals surface area contributed by atoms with Gasteiger partial charge in [0.2, 0.25) is 0 Å². The molecule has 3 aromatic rings. The Morgan fingerprint density at radius 3 is 2.55 bits per heavy atom. The number of halogens is 6. The zero-order valence-electron chi connectivity index (χ0n) is 14.5. The van der Waals surface area contributed by atoms with Gasteiger partial charge >= 0.3 is 6.18 Å². The number of hydrogen-bond acceptors (Lipinski definition) is 4. The Bertz CT molecular complexity index is 1070. The van der Waals surface area contributed by atoms with Crippen molar-refractivity contribution >= 4 is 17.5 Å². The van der Waals surface area contributed by atoms with E-state index in [9.17, 15) is 26.7 Å². The van der Waals surface area contributed by atoms with Crippen molar-refractivity contribution in [3.8, 4) is 5.82 Å². The van der Waals surface area contributed by atoms with Crippen LogP contribution in [0.5, 0.6) is 0 Å². The Morgan fingerprint density at radius 2 is 1.90 bits per heavy atom. The quantitative estimate of drug-likeness (QED) is 0.631. The number of amides is 1. The van der Waals surface area contributed by atoms with Gasteiger partial charge in [0.1, 0.15) is 12.1 Å². The fourth-order valence-electron chi connectivity index (χ4n) is 2.50. The Labute approximate surface area is 165 Å². The van der Waals surface area contributed by atoms with Gasteiger partial charge in [-0.05, 0) is 25.1 Å². The first kappa shape index (κ1) is 20.6. The van der Waals surface area contributed by atoms with E-state index < -0.39 is 35.3 Å². The molecule has 0 bridgehead atoms. The molecule has 2 heterocycles. The maximum atomic E-state index is 14.0. The summed E-state index contributed by atoms with van der Waals surface area (Å²) in [5.41, 5.74) is -1.41. The van der Waals surface area contributed by atoms with Crippen molar-refractivity contribution in [3.63, 3.8) is 0 Å². The highest BCUT2D eigenvalue weighted by molar-refractivity contribution is 6.31. The lowest BCUT2D eigenvalue weighted by Gasteiger charge is -2.15. The van der Waals surface area contributed by atoms with E-state index >= 15 is 0 Å². The molecule has 152 valence electrons. The lowest BCUT2D eigenvalue weighted by atomic mass is 10.1. The first-order chi connectivity index (χ1) is 13.6. The fraction of sp³-hybridized carbons (Fsp3) is 0.176. The number of hydrogen-bond donors (Lipinski definition) is 1. The van der Waals surface area contributed by atoms with Gasteiger partial charge in [-0.2, -0.15) is 23.0 Å². The van der Waals surface area contributed by atoms with Gasteiger partial charge in [0.15, 0.2) is 17.5 Å². The van der Waals surface area contributed by atoms with Crippen molar-refractivity contribution in [1.82, 2.24) is 25.1 Å². The highest BCUT2D eigenvalue weighted by Gasteiger charge is 2.32. The molecule has 0 aliphatic carbocycles. The summed E-state index contributed by atoms with van der Waals surface area (Å²) in [4.78, 5) is 19.9. The summed E-state index contributed by atoms with van der Waals surface area (Å²) in [6, 6.07) is 2.11. The van der Waals surface area contributed by atoms with Gasteiger partial charge in [-0.1, -0.05) is 11.6 Å². The summed E-state index contributed by atoms with van der Waals surface area (Å²) < 4.78 is 66.8. The highest BCUT2D eigenvalue weighted by atomic mass is 35.5. The van der Waals surface area contributed by atoms with Crippen molar-refractivity contribution in [1.29, 1.82) is 0 Å². The standard InChI is InChI=1S/C17H11ClF5N5O/c1-8(14-25-7-26-28(14)15-13(20)5-12(19)6-24-15)27-16(29)9-2-10(17(21,22)23)4-11(18)3-9/h2-8H,1H3,(H,27,29)/t8-/m0/s1. The van der Waals surface area contributed by atoms with Gasteiger partial charge in [0.05, 0.1) is 17.8 Å². The number of nitrogens with one attached hydrogen (secondary N) is 1. The smallest absolute Gasteiger partial charge is 0.342 e. The predicted octanol–water partition coefficient (Wildman–Crippen LogP) is 4.10. The number of nitrogens with zero attached hydrogens (tertiary/aromatic N) is 4. The van der Waals surface area contributed by atoms with Crippen LogP contribution < -0.4 is 5.32 Å². The molecule has 3 rings (SSSR count). The van der Waals surface area contributed by atoms with Gasteiger partial charge in [-0.15, -0.1) is 0 Å². The second-order valence-electron chi connectivity index (χ2n) is 5.91. The first-order valence-corrected chi connectivity index (χ1v) is 8.34. The minimum atomic E-state index is -4.68. The minimum absolute atomic E-state index is 0.0226. The minimum Gasteiger partial charge on any atom is -0.342 e. The molecule has 1 atom stereocenters. The maximum absolute atomic E-state index is 14.0. The monoisotopic (exact) mass is 431 g/mol. The number of alkyl halides is 3. The molecule has 0 unspecified atom stereocenters. The Balaban J connectivity index is 1.87. The summed E-state index contributed by atoms with van der Waals surface area (Å²) in [6.07, 6.45) is -2.85. The fourth-order valence-corrected chi connectivity index (χ4v) is 2.74. The van der Waals surface area contributed by atoms with Crippen LogP contribution in [0.2, 0.25) is 5.02 Å². The van der Waals surface area contributed by atoms with Crippen LogP contribution in [0.15, 0.2) is 36.8 Å². The van der Waals surface area contributed by atoms with Crippen molar-refractivity contribution in [3.05, 3.63) is 70.4 Å². The van der Waals surface area contributed by atoms with Crippen LogP contribution in [-0.2, 0) is 6.18 Å². The third-order valence-corrected chi connectivity index (χ3v) is 4.00. The first-order valence-electron chi connectivity index (χ1n) is 7.96. The van der Waals surface area contributed by atoms with Crippen LogP contribution in [0.3, 0.4) is 0 Å². The van der Waals surface area contributed by atoms with E-state index in [-0.39, 0.29) is 22.2 Å². The zero-order valence-corrected chi connectivity index (χ0v) is 15.3. The van der Waals surface area contributed by atoms with E-state index in [1.54, 1.807) is 0 Å². The number of rotatable bonds is 4. The van der Waals surface area contributed by atoms with Gasteiger partial charge in [-0.25, -0.2) is 18.7 Å². The van der Waals surface area contributed by atoms with Gasteiger partial charge in [0.25, 0.3) is 5.91 Å². The van der Waals surface area contributed by atoms with E-state index in [2.05, 4.69) is 20.4 Å². The number of aromatic nitrogens is 4. The molecule has 2 aromatic heterocycles. The van der Waals surface area contributed by atoms with Crippen LogP contribution in [-0.4, -0.2) is 25.7 Å². The molecular formula is C17H11ClF5N5O. The molecule has 0 aliphatic rings. The lowest BCUT2D eigenvalue weighted by Crippen LogP contribution is -2.29. The Morgan fingerprint density at radius 1 is 1.17 bits per heavy atom. The summed E-state index contributed by atoms with van der Waals surface area (Å²) in [5, 5.41) is 5.97. The number of benzene rings is 1. The van der Waals surface area contributed by atoms with E-state index in [0.717, 1.165) is 23.3 Å². The average molecular weight is 432 g/mol. The highest BCUT2D eigenvalue weighted by Crippen LogP contribution is 2.32. The SMILES string of the molecule is C[C@H](NC(=O)c1cc(Cl)cc(C(F)(F)F)c1)c1ncnn1-c1ncc(F)cc1F. The number of carbonyl (C=O) groups excluding carboxylic acids is 1. The van der Waals surface area contributed by atoms with E-state index in [0.29, 0.717) is 18.2 Å². The molecule has 0 saturated carbocycles. The lowest BCUT2D eigenvalue weighted by molar-refractivity contribution is -0.137. The van der Waals surface area contributed by atoms with Crippen molar-refractivity contribution < 1.29 is 26.7 Å². The summed E-state index contributed by atoms with van der Waals surface area (Å²) >= 11 is 5.68. The summed E-state index contributed by atoms with van der Waals surface area (Å²) in [7, 11) is 0. The third kappa shape index (κ3) is 4.50. The summed E-state index contributed by atoms with van der Waals surface area (Å²) in [5.74, 6) is -3.11. The van der Waals surface area contributed by atoms with Crippen LogP contribution in [0, 0.1) is 11.6 Å². The normalized spacial score (nSPS) is 12.7. The molecule has 12 heteroatoms. The Kier molecular flexibility index (Phi) is 5.51. The topological polar surface area (TPSA) is 72.7 Å². The van der Waals surface area contributed by atoms with Gasteiger partial charge < -0.3 is 5.32 Å². The average Bonchev–Trinajstić information content (AvgIpc) is 3.10. The van der Waals surface area contributed by atoms with E-state index in [4.69, 9.17) is 11.6 Å². The van der Waals surface area contributed by atoms with Crippen molar-refractivity contribution in [2.45, 2.75) is 19.1 Å². The Hall–Kier alpha value is -3.08. The second-order valence-corrected chi connectivity index (χ2v) is 6.35. The van der Waals surface area contributed by atoms with Crippen molar-refractivity contribution in [2.24, 2.45) is 0 Å². The molecule has 1 amide bonds. The molecule has 0 spiro atoms. The predicted molar refractivity (Wildman–Crippen MR) is 91.4 cm³/mol. The zero-order chi connectivity index (χ0) is 21.3. The van der Waals surface area contributed by atoms with Crippen LogP contribution in [0.1, 0.15) is 34.7 Å². The molecule has 0 saturated heterocycles. The molecule has 1 aromatic carbocycles. The maximum Gasteiger partial charge on any atom is 0.416 e. The van der Waals surface area contributed by atoms with Crippen molar-refractivity contribution in [2.75, 3.05) is 0 Å².